The number of para-hydroxylation sites is 3. The van der Waals surface area contributed by atoms with Crippen LogP contribution in [0.5, 0.6) is 11.5 Å². The van der Waals surface area contributed by atoms with Gasteiger partial charge in [-0.2, -0.15) is 0 Å². The summed E-state index contributed by atoms with van der Waals surface area (Å²) < 4.78 is 6.43. The van der Waals surface area contributed by atoms with E-state index in [4.69, 9.17) is 4.74 Å². The summed E-state index contributed by atoms with van der Waals surface area (Å²) in [6, 6.07) is 29.0. The van der Waals surface area contributed by atoms with E-state index in [1.807, 2.05) is 48.7 Å². The summed E-state index contributed by atoms with van der Waals surface area (Å²) in [5.41, 5.74) is 6.09. The molecule has 4 aromatic rings. The van der Waals surface area contributed by atoms with E-state index in [-0.39, 0.29) is 5.91 Å². The van der Waals surface area contributed by atoms with Gasteiger partial charge in [0.05, 0.1) is 17.1 Å². The minimum Gasteiger partial charge on any atom is -0.453 e. The molecular weight excluding hydrogens is 460 g/mol. The van der Waals surface area contributed by atoms with Crippen molar-refractivity contribution in [2.75, 3.05) is 23.3 Å². The summed E-state index contributed by atoms with van der Waals surface area (Å²) >= 11 is 0. The normalized spacial score (nSPS) is 15.4. The van der Waals surface area contributed by atoms with E-state index < -0.39 is 0 Å². The number of aromatic nitrogens is 1. The van der Waals surface area contributed by atoms with Crippen LogP contribution in [0.25, 0.3) is 11.1 Å². The molecule has 1 fully saturated rings. The number of rotatable bonds is 5. The Morgan fingerprint density at radius 2 is 1.68 bits per heavy atom. The number of carbonyl (C=O) groups excluding carboxylic acids is 1. The number of fused-ring (bicyclic) bond motifs is 2. The van der Waals surface area contributed by atoms with Crippen molar-refractivity contribution >= 4 is 23.0 Å². The molecule has 0 bridgehead atoms. The van der Waals surface area contributed by atoms with Crippen LogP contribution in [-0.2, 0) is 11.3 Å². The highest BCUT2D eigenvalue weighted by atomic mass is 16.5. The fraction of sp³-hybridized carbons (Fsp3) is 0.226. The van der Waals surface area contributed by atoms with Crippen LogP contribution in [0.3, 0.4) is 0 Å². The summed E-state index contributed by atoms with van der Waals surface area (Å²) in [5, 5.41) is 2.95. The summed E-state index contributed by atoms with van der Waals surface area (Å²) in [6.07, 6.45) is 3.99. The molecule has 0 unspecified atom stereocenters. The van der Waals surface area contributed by atoms with Crippen LogP contribution < -0.4 is 15.0 Å². The number of amides is 1. The smallest absolute Gasteiger partial charge is 0.221 e. The van der Waals surface area contributed by atoms with E-state index in [2.05, 4.69) is 62.6 Å². The molecule has 0 saturated carbocycles. The lowest BCUT2D eigenvalue weighted by Crippen LogP contribution is -2.43. The maximum absolute atomic E-state index is 11.8. The zero-order valence-corrected chi connectivity index (χ0v) is 20.9. The van der Waals surface area contributed by atoms with Crippen LogP contribution in [0.1, 0.15) is 25.5 Å². The molecule has 0 aliphatic carbocycles. The number of hydrogen-bond donors (Lipinski definition) is 1. The minimum absolute atomic E-state index is 0.0869. The Morgan fingerprint density at radius 3 is 2.49 bits per heavy atom. The van der Waals surface area contributed by atoms with Crippen LogP contribution in [0, 0.1) is 0 Å². The molecule has 6 heteroatoms. The van der Waals surface area contributed by atoms with Crippen LogP contribution in [0.15, 0.2) is 91.1 Å². The summed E-state index contributed by atoms with van der Waals surface area (Å²) in [4.78, 5) is 21.2. The average Bonchev–Trinajstić information content (AvgIpc) is 2.92. The summed E-state index contributed by atoms with van der Waals surface area (Å²) in [5.74, 6) is 1.62. The van der Waals surface area contributed by atoms with Crippen molar-refractivity contribution in [3.05, 3.63) is 96.8 Å². The van der Waals surface area contributed by atoms with Crippen molar-refractivity contribution < 1.29 is 9.53 Å². The standard InChI is InChI=1S/C31H30N4O2/c1-22(36)33-27-10-3-2-9-26(27)23-13-14-29-31(20-23)37-30-12-5-4-11-28(30)35(29)25-15-18-34(19-16-25)21-24-8-6-7-17-32-24/h2-14,17,20,25H,15-16,18-19,21H2,1H3,(H,33,36). The molecule has 2 aliphatic heterocycles. The third kappa shape index (κ3) is 4.80. The second-order valence-corrected chi connectivity index (χ2v) is 9.68. The highest BCUT2D eigenvalue weighted by Gasteiger charge is 2.32. The van der Waals surface area contributed by atoms with Gasteiger partial charge < -0.3 is 15.0 Å². The van der Waals surface area contributed by atoms with Crippen molar-refractivity contribution in [3.63, 3.8) is 0 Å². The average molecular weight is 491 g/mol. The van der Waals surface area contributed by atoms with E-state index in [0.717, 1.165) is 77.9 Å². The van der Waals surface area contributed by atoms with E-state index in [1.165, 1.54) is 6.92 Å². The SMILES string of the molecule is CC(=O)Nc1ccccc1-c1ccc2c(c1)Oc1ccccc1N2C1CCN(Cc2ccccn2)CC1. The second-order valence-electron chi connectivity index (χ2n) is 9.68. The molecule has 1 saturated heterocycles. The van der Waals surface area contributed by atoms with Gasteiger partial charge in [0.2, 0.25) is 5.91 Å². The van der Waals surface area contributed by atoms with Gasteiger partial charge in [-0.25, -0.2) is 0 Å². The molecule has 0 atom stereocenters. The number of anilines is 3. The van der Waals surface area contributed by atoms with Gasteiger partial charge in [0, 0.05) is 50.0 Å². The third-order valence-electron chi connectivity index (χ3n) is 7.15. The Kier molecular flexibility index (Phi) is 6.33. The first-order valence-electron chi connectivity index (χ1n) is 12.8. The molecule has 6 rings (SSSR count). The van der Waals surface area contributed by atoms with Gasteiger partial charge in [-0.05, 0) is 60.9 Å². The minimum atomic E-state index is -0.0869. The maximum Gasteiger partial charge on any atom is 0.221 e. The fourth-order valence-corrected chi connectivity index (χ4v) is 5.44. The lowest BCUT2D eigenvalue weighted by Gasteiger charge is -2.42. The van der Waals surface area contributed by atoms with Crippen LogP contribution in [0.2, 0.25) is 0 Å². The highest BCUT2D eigenvalue weighted by molar-refractivity contribution is 5.94. The van der Waals surface area contributed by atoms with Gasteiger partial charge in [0.1, 0.15) is 0 Å². The van der Waals surface area contributed by atoms with Crippen molar-refractivity contribution in [1.82, 2.24) is 9.88 Å². The largest absolute Gasteiger partial charge is 0.453 e. The molecule has 2 aliphatic rings. The number of nitrogens with zero attached hydrogens (tertiary/aromatic N) is 3. The molecule has 3 aromatic carbocycles. The number of benzene rings is 3. The van der Waals surface area contributed by atoms with E-state index in [9.17, 15) is 4.79 Å². The first-order valence-corrected chi connectivity index (χ1v) is 12.8. The number of hydrogen-bond acceptors (Lipinski definition) is 5. The molecule has 1 aromatic heterocycles. The monoisotopic (exact) mass is 490 g/mol. The molecule has 0 spiro atoms. The Labute approximate surface area is 217 Å². The van der Waals surface area contributed by atoms with Gasteiger partial charge in [0.25, 0.3) is 0 Å². The van der Waals surface area contributed by atoms with Crippen molar-refractivity contribution in [2.45, 2.75) is 32.4 Å². The van der Waals surface area contributed by atoms with E-state index >= 15 is 0 Å². The highest BCUT2D eigenvalue weighted by Crippen LogP contribution is 2.50. The first-order chi connectivity index (χ1) is 18.2. The first kappa shape index (κ1) is 23.3. The Morgan fingerprint density at radius 1 is 0.919 bits per heavy atom. The lowest BCUT2D eigenvalue weighted by molar-refractivity contribution is -0.114. The number of ether oxygens (including phenoxy) is 1. The van der Waals surface area contributed by atoms with Crippen molar-refractivity contribution in [3.8, 4) is 22.6 Å². The number of nitrogens with one attached hydrogen (secondary N) is 1. The molecule has 37 heavy (non-hydrogen) atoms. The third-order valence-corrected chi connectivity index (χ3v) is 7.15. The molecule has 1 N–H and O–H groups in total. The lowest BCUT2D eigenvalue weighted by atomic mass is 9.97. The molecular formula is C31H30N4O2. The van der Waals surface area contributed by atoms with Crippen LogP contribution in [-0.4, -0.2) is 34.9 Å². The molecule has 0 radical (unpaired) electrons. The van der Waals surface area contributed by atoms with Crippen LogP contribution >= 0.6 is 0 Å². The number of pyridine rings is 1. The quantitative estimate of drug-likeness (QED) is 0.341. The van der Waals surface area contributed by atoms with Gasteiger partial charge in [-0.3, -0.25) is 14.7 Å². The van der Waals surface area contributed by atoms with Gasteiger partial charge in [-0.1, -0.05) is 42.5 Å². The predicted molar refractivity (Wildman–Crippen MR) is 147 cm³/mol. The molecule has 6 nitrogen and oxygen atoms in total. The fourth-order valence-electron chi connectivity index (χ4n) is 5.44. The zero-order valence-electron chi connectivity index (χ0n) is 20.9. The van der Waals surface area contributed by atoms with Crippen LogP contribution in [0.4, 0.5) is 17.1 Å². The van der Waals surface area contributed by atoms with Gasteiger partial charge in [0.15, 0.2) is 11.5 Å². The number of likely N-dealkylation sites (tertiary alicyclic amines) is 1. The second kappa shape index (κ2) is 10.1. The summed E-state index contributed by atoms with van der Waals surface area (Å²) in [7, 11) is 0. The molecule has 186 valence electrons. The molecule has 3 heterocycles. The number of carbonyl (C=O) groups is 1. The van der Waals surface area contributed by atoms with Gasteiger partial charge >= 0.3 is 0 Å². The van der Waals surface area contributed by atoms with Crippen molar-refractivity contribution in [2.24, 2.45) is 0 Å². The van der Waals surface area contributed by atoms with E-state index in [0.29, 0.717) is 6.04 Å². The van der Waals surface area contributed by atoms with Gasteiger partial charge in [-0.15, -0.1) is 0 Å². The summed E-state index contributed by atoms with van der Waals surface area (Å²) in [6.45, 7) is 4.47. The Hall–Kier alpha value is -4.16. The van der Waals surface area contributed by atoms with E-state index in [1.54, 1.807) is 0 Å². The Bertz CT molecular complexity index is 1410. The maximum atomic E-state index is 11.8. The van der Waals surface area contributed by atoms with Crippen molar-refractivity contribution in [1.29, 1.82) is 0 Å². The molecule has 1 amide bonds. The number of piperidine rings is 1. The topological polar surface area (TPSA) is 57.7 Å². The zero-order chi connectivity index (χ0) is 25.2. The Balaban J connectivity index is 1.29. The predicted octanol–water partition coefficient (Wildman–Crippen LogP) is 6.62.